The van der Waals surface area contributed by atoms with Crippen LogP contribution in [0.15, 0.2) is 60.7 Å². The van der Waals surface area contributed by atoms with Gasteiger partial charge in [0, 0.05) is 5.92 Å². The summed E-state index contributed by atoms with van der Waals surface area (Å²) < 4.78 is 0. The Balaban J connectivity index is 2.34. The Labute approximate surface area is 122 Å². The first-order chi connectivity index (χ1) is 9.57. The lowest BCUT2D eigenvalue weighted by atomic mass is 9.98. The average molecular weight is 282 g/mol. The predicted molar refractivity (Wildman–Crippen MR) is 88.0 cm³/mol. The smallest absolute Gasteiger partial charge is 0.158 e. The lowest BCUT2D eigenvalue weighted by Crippen LogP contribution is -2.51. The van der Waals surface area contributed by atoms with Gasteiger partial charge in [0.05, 0.1) is 0 Å². The highest BCUT2D eigenvalue weighted by Gasteiger charge is 2.37. The molecule has 2 heteroatoms. The minimum absolute atomic E-state index is 0.0260. The molecule has 0 fully saturated rings. The van der Waals surface area contributed by atoms with Crippen LogP contribution in [-0.2, 0) is 4.79 Å². The molecular weight excluding hydrogens is 260 g/mol. The second kappa shape index (κ2) is 6.19. The highest BCUT2D eigenvalue weighted by molar-refractivity contribution is 7.13. The normalized spacial score (nSPS) is 12.9. The van der Waals surface area contributed by atoms with Gasteiger partial charge in [-0.3, -0.25) is 0 Å². The number of carbonyl (C=O) groups excluding carboxylic acids is 1. The van der Waals surface area contributed by atoms with Crippen LogP contribution in [0.25, 0.3) is 0 Å². The molecule has 104 valence electrons. The quantitative estimate of drug-likeness (QED) is 0.760. The summed E-state index contributed by atoms with van der Waals surface area (Å²) in [4.78, 5) is 13.1. The average Bonchev–Trinajstić information content (AvgIpc) is 2.50. The monoisotopic (exact) mass is 282 g/mol. The fourth-order valence-corrected chi connectivity index (χ4v) is 5.24. The van der Waals surface area contributed by atoms with Crippen molar-refractivity contribution in [1.82, 2.24) is 0 Å². The number of hydrogen-bond donors (Lipinski definition) is 0. The summed E-state index contributed by atoms with van der Waals surface area (Å²) in [5.74, 6) is 0.0260. The molecule has 20 heavy (non-hydrogen) atoms. The van der Waals surface area contributed by atoms with E-state index in [1.165, 1.54) is 5.19 Å². The minimum Gasteiger partial charge on any atom is -0.304 e. The number of benzene rings is 2. The molecule has 0 bridgehead atoms. The molecule has 1 unspecified atom stereocenters. The molecular formula is C18H22OSi. The summed E-state index contributed by atoms with van der Waals surface area (Å²) in [5.41, 5.74) is 1.15. The van der Waals surface area contributed by atoms with Crippen LogP contribution in [0.5, 0.6) is 0 Å². The van der Waals surface area contributed by atoms with Crippen molar-refractivity contribution in [2.45, 2.75) is 32.4 Å². The van der Waals surface area contributed by atoms with E-state index in [0.717, 1.165) is 12.0 Å². The Kier molecular flexibility index (Phi) is 4.56. The lowest BCUT2D eigenvalue weighted by molar-refractivity contribution is -0.114. The molecule has 0 spiro atoms. The molecule has 0 radical (unpaired) electrons. The summed E-state index contributed by atoms with van der Waals surface area (Å²) in [5, 5.41) is 1.65. The van der Waals surface area contributed by atoms with Crippen LogP contribution < -0.4 is 5.19 Å². The molecule has 1 atom stereocenters. The van der Waals surface area contributed by atoms with Gasteiger partial charge in [-0.2, -0.15) is 0 Å². The van der Waals surface area contributed by atoms with Gasteiger partial charge >= 0.3 is 0 Å². The third-order valence-electron chi connectivity index (χ3n) is 4.04. The minimum atomic E-state index is -2.09. The predicted octanol–water partition coefficient (Wildman–Crippen LogP) is 3.90. The number of hydrogen-bond acceptors (Lipinski definition) is 1. The van der Waals surface area contributed by atoms with E-state index in [1.54, 1.807) is 0 Å². The zero-order valence-electron chi connectivity index (χ0n) is 12.5. The molecule has 0 aliphatic rings. The zero-order valence-corrected chi connectivity index (χ0v) is 13.5. The Hall–Kier alpha value is -1.67. The first-order valence-corrected chi connectivity index (χ1v) is 10.2. The molecule has 0 aliphatic carbocycles. The summed E-state index contributed by atoms with van der Waals surface area (Å²) in [6.07, 6.45) is 0.867. The molecule has 0 heterocycles. The van der Waals surface area contributed by atoms with Gasteiger partial charge < -0.3 is 4.79 Å². The highest BCUT2D eigenvalue weighted by Crippen LogP contribution is 2.25. The van der Waals surface area contributed by atoms with Crippen molar-refractivity contribution in [3.63, 3.8) is 0 Å². The van der Waals surface area contributed by atoms with E-state index < -0.39 is 8.07 Å². The van der Waals surface area contributed by atoms with Crippen LogP contribution in [0.3, 0.4) is 0 Å². The maximum Gasteiger partial charge on any atom is 0.158 e. The molecule has 2 rings (SSSR count). The van der Waals surface area contributed by atoms with Crippen molar-refractivity contribution in [3.8, 4) is 0 Å². The fourth-order valence-electron chi connectivity index (χ4n) is 2.69. The molecule has 0 saturated heterocycles. The second-order valence-corrected chi connectivity index (χ2v) is 10.0. The van der Waals surface area contributed by atoms with E-state index in [4.69, 9.17) is 0 Å². The number of rotatable bonds is 5. The van der Waals surface area contributed by atoms with Crippen LogP contribution in [0.4, 0.5) is 0 Å². The Morgan fingerprint density at radius 1 is 0.950 bits per heavy atom. The first kappa shape index (κ1) is 14.7. The number of carbonyl (C=O) groups is 1. The van der Waals surface area contributed by atoms with Crippen molar-refractivity contribution >= 4 is 18.7 Å². The second-order valence-electron chi connectivity index (χ2n) is 5.73. The largest absolute Gasteiger partial charge is 0.304 e. The molecule has 0 aromatic heterocycles. The van der Waals surface area contributed by atoms with E-state index in [0.29, 0.717) is 5.41 Å². The molecule has 1 nitrogen and oxygen atoms in total. The van der Waals surface area contributed by atoms with Crippen LogP contribution in [0, 0.1) is 0 Å². The summed E-state index contributed by atoms with van der Waals surface area (Å²) in [6, 6.07) is 20.4. The fraction of sp³-hybridized carbons (Fsp3) is 0.278. The highest BCUT2D eigenvalue weighted by atomic mass is 28.3. The molecule has 2 aromatic carbocycles. The standard InChI is InChI=1S/C18H22OSi/c1-4-17(15-11-7-5-8-12-15)18(19)20(2,3)16-13-9-6-10-14-16/h5-14,17H,4H2,1-3H3. The van der Waals surface area contributed by atoms with E-state index in [2.05, 4.69) is 44.3 Å². The van der Waals surface area contributed by atoms with Crippen LogP contribution in [0.2, 0.25) is 13.1 Å². The maximum absolute atomic E-state index is 13.1. The molecule has 2 aromatic rings. The maximum atomic E-state index is 13.1. The first-order valence-electron chi connectivity index (χ1n) is 7.22. The van der Waals surface area contributed by atoms with Gasteiger partial charge in [0.15, 0.2) is 8.07 Å². The SMILES string of the molecule is CCC(C(=O)[Si](C)(C)c1ccccc1)c1ccccc1. The molecule has 0 N–H and O–H groups in total. The Morgan fingerprint density at radius 2 is 1.45 bits per heavy atom. The Bertz CT molecular complexity index is 560. The van der Waals surface area contributed by atoms with Gasteiger partial charge in [0.2, 0.25) is 0 Å². The lowest BCUT2D eigenvalue weighted by Gasteiger charge is -2.26. The van der Waals surface area contributed by atoms with Crippen molar-refractivity contribution < 1.29 is 4.79 Å². The molecule has 0 aliphatic heterocycles. The van der Waals surface area contributed by atoms with Gasteiger partial charge in [-0.1, -0.05) is 85.9 Å². The van der Waals surface area contributed by atoms with Crippen molar-refractivity contribution in [3.05, 3.63) is 66.2 Å². The van der Waals surface area contributed by atoms with Gasteiger partial charge in [0.1, 0.15) is 5.41 Å². The van der Waals surface area contributed by atoms with E-state index >= 15 is 0 Å². The van der Waals surface area contributed by atoms with Gasteiger partial charge in [-0.05, 0) is 12.0 Å². The van der Waals surface area contributed by atoms with Crippen molar-refractivity contribution in [2.24, 2.45) is 0 Å². The van der Waals surface area contributed by atoms with Crippen LogP contribution in [-0.4, -0.2) is 13.5 Å². The third kappa shape index (κ3) is 2.91. The topological polar surface area (TPSA) is 17.1 Å². The third-order valence-corrected chi connectivity index (χ3v) is 7.40. The van der Waals surface area contributed by atoms with E-state index in [9.17, 15) is 4.79 Å². The van der Waals surface area contributed by atoms with E-state index in [1.807, 2.05) is 36.4 Å². The summed E-state index contributed by atoms with van der Waals surface area (Å²) in [6.45, 7) is 6.43. The molecule has 0 saturated carbocycles. The summed E-state index contributed by atoms with van der Waals surface area (Å²) >= 11 is 0. The van der Waals surface area contributed by atoms with Gasteiger partial charge in [-0.15, -0.1) is 0 Å². The zero-order chi connectivity index (χ0) is 14.6. The Morgan fingerprint density at radius 3 is 1.95 bits per heavy atom. The summed E-state index contributed by atoms with van der Waals surface area (Å²) in [7, 11) is -2.09. The van der Waals surface area contributed by atoms with E-state index in [-0.39, 0.29) is 5.92 Å². The van der Waals surface area contributed by atoms with Crippen LogP contribution >= 0.6 is 0 Å². The van der Waals surface area contributed by atoms with Crippen molar-refractivity contribution in [1.29, 1.82) is 0 Å². The van der Waals surface area contributed by atoms with Crippen LogP contribution in [0.1, 0.15) is 24.8 Å². The van der Waals surface area contributed by atoms with Crippen molar-refractivity contribution in [2.75, 3.05) is 0 Å². The van der Waals surface area contributed by atoms with Gasteiger partial charge in [-0.25, -0.2) is 0 Å². The molecule has 0 amide bonds. The van der Waals surface area contributed by atoms with Gasteiger partial charge in [0.25, 0.3) is 0 Å².